The van der Waals surface area contributed by atoms with Gasteiger partial charge in [-0.1, -0.05) is 41.5 Å². The Morgan fingerprint density at radius 3 is 1.71 bits per heavy atom. The molecule has 2 aromatic rings. The molecule has 148 valence electrons. The Kier molecular flexibility index (Phi) is 7.05. The highest BCUT2D eigenvalue weighted by atomic mass is 16.3. The molecule has 28 heavy (non-hydrogen) atoms. The number of hydrogen-bond donors (Lipinski definition) is 3. The summed E-state index contributed by atoms with van der Waals surface area (Å²) < 4.78 is 0. The minimum Gasteiger partial charge on any atom is -0.507 e. The molecule has 2 rings (SSSR count). The molecule has 0 aliphatic heterocycles. The molecule has 0 aliphatic carbocycles. The van der Waals surface area contributed by atoms with Crippen molar-refractivity contribution >= 4 is 5.78 Å². The van der Waals surface area contributed by atoms with Crippen molar-refractivity contribution in [3.8, 4) is 17.2 Å². The van der Waals surface area contributed by atoms with Gasteiger partial charge in [-0.05, 0) is 45.1 Å². The van der Waals surface area contributed by atoms with Gasteiger partial charge in [-0.15, -0.1) is 13.2 Å². The Morgan fingerprint density at radius 2 is 1.29 bits per heavy atom. The van der Waals surface area contributed by atoms with Crippen LogP contribution >= 0.6 is 0 Å². The zero-order chi connectivity index (χ0) is 20.8. The van der Waals surface area contributed by atoms with E-state index >= 15 is 0 Å². The Labute approximate surface area is 166 Å². The lowest BCUT2D eigenvalue weighted by molar-refractivity contribution is 0.0987. The van der Waals surface area contributed by atoms with Crippen LogP contribution in [-0.4, -0.2) is 21.1 Å². The fourth-order valence-corrected chi connectivity index (χ4v) is 3.10. The predicted molar refractivity (Wildman–Crippen MR) is 112 cm³/mol. The van der Waals surface area contributed by atoms with Crippen molar-refractivity contribution < 1.29 is 20.1 Å². The molecule has 0 radical (unpaired) electrons. The zero-order valence-electron chi connectivity index (χ0n) is 16.6. The van der Waals surface area contributed by atoms with Gasteiger partial charge >= 0.3 is 0 Å². The number of benzene rings is 2. The summed E-state index contributed by atoms with van der Waals surface area (Å²) in [5.41, 5.74) is 2.99. The number of hydrogen-bond acceptors (Lipinski definition) is 4. The van der Waals surface area contributed by atoms with Crippen LogP contribution in [0.3, 0.4) is 0 Å². The van der Waals surface area contributed by atoms with E-state index in [0.717, 1.165) is 16.7 Å². The maximum atomic E-state index is 12.9. The topological polar surface area (TPSA) is 77.8 Å². The highest BCUT2D eigenvalue weighted by molar-refractivity contribution is 6.03. The van der Waals surface area contributed by atoms with Gasteiger partial charge in [0.1, 0.15) is 22.8 Å². The van der Waals surface area contributed by atoms with Gasteiger partial charge in [0, 0.05) is 17.5 Å². The molecular formula is C24H28O4. The third kappa shape index (κ3) is 5.03. The van der Waals surface area contributed by atoms with Crippen LogP contribution in [0.2, 0.25) is 0 Å². The summed E-state index contributed by atoms with van der Waals surface area (Å²) in [4.78, 5) is 12.9. The summed E-state index contributed by atoms with van der Waals surface area (Å²) in [7, 11) is 0. The molecule has 0 spiro atoms. The molecule has 0 fully saturated rings. The molecule has 0 heterocycles. The van der Waals surface area contributed by atoms with Gasteiger partial charge in [-0.3, -0.25) is 4.79 Å². The first-order chi connectivity index (χ1) is 13.2. The first-order valence-corrected chi connectivity index (χ1v) is 9.36. The number of carbonyl (C=O) groups is 1. The molecule has 0 saturated heterocycles. The summed E-state index contributed by atoms with van der Waals surface area (Å²) in [6.07, 6.45) is 1.82. The standard InChI is InChI=1S/C24H28O4/c1-15(2)10-12-18-22(26)19(13-11-16(3)4)24(28)21(23(18)27)20(25)14-17-8-6-5-7-9-17/h5-9,26-28H,1,3,10-14H2,2,4H3. The van der Waals surface area contributed by atoms with Crippen LogP contribution in [0, 0.1) is 0 Å². The van der Waals surface area contributed by atoms with Crippen LogP contribution in [0.25, 0.3) is 0 Å². The predicted octanol–water partition coefficient (Wildman–Crippen LogP) is 5.25. The number of ketones is 1. The zero-order valence-corrected chi connectivity index (χ0v) is 16.6. The van der Waals surface area contributed by atoms with Crippen LogP contribution in [0.1, 0.15) is 53.7 Å². The molecule has 0 saturated carbocycles. The van der Waals surface area contributed by atoms with E-state index in [2.05, 4.69) is 13.2 Å². The van der Waals surface area contributed by atoms with E-state index in [1.807, 2.05) is 44.2 Å². The van der Waals surface area contributed by atoms with Crippen molar-refractivity contribution in [1.82, 2.24) is 0 Å². The van der Waals surface area contributed by atoms with Gasteiger partial charge < -0.3 is 15.3 Å². The second-order valence-corrected chi connectivity index (χ2v) is 7.38. The van der Waals surface area contributed by atoms with E-state index in [4.69, 9.17) is 0 Å². The molecule has 0 atom stereocenters. The van der Waals surface area contributed by atoms with Crippen LogP contribution in [-0.2, 0) is 19.3 Å². The van der Waals surface area contributed by atoms with Crippen LogP contribution in [0.5, 0.6) is 17.2 Å². The quantitative estimate of drug-likeness (QED) is 0.410. The largest absolute Gasteiger partial charge is 0.507 e. The van der Waals surface area contributed by atoms with Crippen molar-refractivity contribution in [1.29, 1.82) is 0 Å². The summed E-state index contributed by atoms with van der Waals surface area (Å²) in [6.45, 7) is 11.4. The Bertz CT molecular complexity index is 850. The minimum atomic E-state index is -0.394. The molecule has 0 bridgehead atoms. The first-order valence-electron chi connectivity index (χ1n) is 9.36. The average Bonchev–Trinajstić information content (AvgIpc) is 2.61. The van der Waals surface area contributed by atoms with Gasteiger partial charge in [-0.2, -0.15) is 0 Å². The number of phenolic OH excluding ortho intramolecular Hbond substituents is 3. The molecule has 0 amide bonds. The number of Topliss-reactive ketones (excluding diaryl/α,β-unsaturated/α-hetero) is 1. The second-order valence-electron chi connectivity index (χ2n) is 7.38. The summed E-state index contributed by atoms with van der Waals surface area (Å²) in [6, 6.07) is 9.15. The molecule has 0 aliphatic rings. The number of allylic oxidation sites excluding steroid dienone is 2. The molecular weight excluding hydrogens is 352 g/mol. The van der Waals surface area contributed by atoms with Crippen LogP contribution in [0.15, 0.2) is 54.6 Å². The average molecular weight is 380 g/mol. The van der Waals surface area contributed by atoms with E-state index < -0.39 is 5.78 Å². The highest BCUT2D eigenvalue weighted by Gasteiger charge is 2.27. The van der Waals surface area contributed by atoms with Crippen molar-refractivity contribution in [3.05, 3.63) is 76.9 Å². The SMILES string of the molecule is C=C(C)CCc1c(O)c(CCC(=C)C)c(O)c(C(=O)Cc2ccccc2)c1O. The summed E-state index contributed by atoms with van der Waals surface area (Å²) >= 11 is 0. The fraction of sp³-hybridized carbons (Fsp3) is 0.292. The van der Waals surface area contributed by atoms with Crippen LogP contribution < -0.4 is 0 Å². The molecule has 0 unspecified atom stereocenters. The van der Waals surface area contributed by atoms with Gasteiger partial charge in [0.25, 0.3) is 0 Å². The Morgan fingerprint density at radius 1 is 0.821 bits per heavy atom. The van der Waals surface area contributed by atoms with Gasteiger partial charge in [0.2, 0.25) is 0 Å². The van der Waals surface area contributed by atoms with Crippen molar-refractivity contribution in [2.45, 2.75) is 46.0 Å². The van der Waals surface area contributed by atoms with Crippen molar-refractivity contribution in [2.75, 3.05) is 0 Å². The summed E-state index contributed by atoms with van der Waals surface area (Å²) in [5.74, 6) is -1.25. The molecule has 2 aromatic carbocycles. The lowest BCUT2D eigenvalue weighted by atomic mass is 9.90. The third-order valence-electron chi connectivity index (χ3n) is 4.71. The molecule has 4 nitrogen and oxygen atoms in total. The third-order valence-corrected chi connectivity index (χ3v) is 4.71. The number of aromatic hydroxyl groups is 3. The lowest BCUT2D eigenvalue weighted by Crippen LogP contribution is -2.08. The van der Waals surface area contributed by atoms with Crippen LogP contribution in [0.4, 0.5) is 0 Å². The normalized spacial score (nSPS) is 10.6. The number of phenols is 3. The second kappa shape index (κ2) is 9.27. The number of carbonyl (C=O) groups excluding carboxylic acids is 1. The van der Waals surface area contributed by atoms with Crippen molar-refractivity contribution in [2.24, 2.45) is 0 Å². The van der Waals surface area contributed by atoms with Gasteiger partial charge in [0.15, 0.2) is 5.78 Å². The maximum Gasteiger partial charge on any atom is 0.174 e. The van der Waals surface area contributed by atoms with E-state index in [1.54, 1.807) is 0 Å². The highest BCUT2D eigenvalue weighted by Crippen LogP contribution is 2.44. The van der Waals surface area contributed by atoms with Crippen molar-refractivity contribution in [3.63, 3.8) is 0 Å². The van der Waals surface area contributed by atoms with E-state index in [0.29, 0.717) is 25.7 Å². The van der Waals surface area contributed by atoms with E-state index in [1.165, 1.54) is 0 Å². The Balaban J connectivity index is 2.53. The van der Waals surface area contributed by atoms with Gasteiger partial charge in [-0.25, -0.2) is 0 Å². The number of rotatable bonds is 9. The minimum absolute atomic E-state index is 0.0482. The first kappa shape index (κ1) is 21.3. The fourth-order valence-electron chi connectivity index (χ4n) is 3.10. The monoisotopic (exact) mass is 380 g/mol. The van der Waals surface area contributed by atoms with E-state index in [-0.39, 0.29) is 40.4 Å². The lowest BCUT2D eigenvalue weighted by Gasteiger charge is -2.18. The summed E-state index contributed by atoms with van der Waals surface area (Å²) in [5, 5.41) is 32.1. The van der Waals surface area contributed by atoms with E-state index in [9.17, 15) is 20.1 Å². The smallest absolute Gasteiger partial charge is 0.174 e. The Hall–Kier alpha value is -3.01. The molecule has 3 N–H and O–H groups in total. The molecule has 0 aromatic heterocycles. The molecule has 4 heteroatoms. The van der Waals surface area contributed by atoms with Gasteiger partial charge in [0.05, 0.1) is 0 Å². The maximum absolute atomic E-state index is 12.9.